The van der Waals surface area contributed by atoms with Crippen LogP contribution in [0.25, 0.3) is 0 Å². The zero-order valence-electron chi connectivity index (χ0n) is 9.15. The molecule has 1 aromatic rings. The zero-order chi connectivity index (χ0) is 12.6. The molecule has 1 unspecified atom stereocenters. The number of carbonyl (C=O) groups excluding carboxylic acids is 1. The average Bonchev–Trinajstić information content (AvgIpc) is 2.57. The monoisotopic (exact) mass is 255 g/mol. The van der Waals surface area contributed by atoms with E-state index in [1.54, 1.807) is 6.07 Å². The normalized spacial score (nSPS) is 19.7. The van der Waals surface area contributed by atoms with Gasteiger partial charge >= 0.3 is 6.03 Å². The summed E-state index contributed by atoms with van der Waals surface area (Å²) in [5, 5.41) is 0.0385. The number of nitrogens with two attached hydrogens (primary N) is 1. The molecular weight excluding hydrogens is 245 g/mol. The molecule has 6 heteroatoms. The van der Waals surface area contributed by atoms with Gasteiger partial charge < -0.3 is 10.6 Å². The molecule has 1 aliphatic rings. The molecule has 0 aromatic heterocycles. The maximum absolute atomic E-state index is 13.4. The van der Waals surface area contributed by atoms with Gasteiger partial charge in [0, 0.05) is 6.54 Å². The van der Waals surface area contributed by atoms with Gasteiger partial charge in [-0.2, -0.15) is 4.99 Å². The number of likely N-dealkylation sites (N-methyl/N-ethyl adjacent to an activating group) is 1. The van der Waals surface area contributed by atoms with Crippen LogP contribution in [-0.4, -0.2) is 23.3 Å². The highest BCUT2D eigenvalue weighted by Gasteiger charge is 2.33. The van der Waals surface area contributed by atoms with E-state index in [2.05, 4.69) is 4.99 Å². The third-order valence-corrected chi connectivity index (χ3v) is 2.97. The van der Waals surface area contributed by atoms with E-state index in [9.17, 15) is 9.18 Å². The summed E-state index contributed by atoms with van der Waals surface area (Å²) in [6.07, 6.45) is 0. The predicted molar refractivity (Wildman–Crippen MR) is 63.5 cm³/mol. The van der Waals surface area contributed by atoms with E-state index in [1.807, 2.05) is 6.92 Å². The fraction of sp³-hybridized carbons (Fsp3) is 0.273. The predicted octanol–water partition coefficient (Wildman–Crippen LogP) is 2.33. The van der Waals surface area contributed by atoms with Gasteiger partial charge in [-0.05, 0) is 24.6 Å². The first kappa shape index (κ1) is 11.9. The maximum atomic E-state index is 13.4. The Morgan fingerprint density at radius 1 is 1.59 bits per heavy atom. The number of halogens is 2. The lowest BCUT2D eigenvalue weighted by atomic mass is 10.1. The summed E-state index contributed by atoms with van der Waals surface area (Å²) < 4.78 is 13.4. The van der Waals surface area contributed by atoms with Crippen LogP contribution in [0.4, 0.5) is 9.18 Å². The second-order valence-electron chi connectivity index (χ2n) is 3.68. The van der Waals surface area contributed by atoms with Crippen molar-refractivity contribution in [2.75, 3.05) is 6.54 Å². The Labute approximate surface area is 103 Å². The number of benzene rings is 1. The van der Waals surface area contributed by atoms with Gasteiger partial charge in [-0.15, -0.1) is 0 Å². The van der Waals surface area contributed by atoms with Gasteiger partial charge in [-0.3, -0.25) is 0 Å². The highest BCUT2D eigenvalue weighted by Crippen LogP contribution is 2.28. The quantitative estimate of drug-likeness (QED) is 0.882. The standard InChI is InChI=1S/C11H11ClFN3O/c1-2-16-9(10(14)15-11(16)17)6-3-4-7(12)8(13)5-6/h3-5,9H,2H2,1H3,(H2,14,15,17). The average molecular weight is 256 g/mol. The first-order chi connectivity index (χ1) is 8.04. The number of hydrogen-bond acceptors (Lipinski definition) is 2. The number of nitrogens with zero attached hydrogens (tertiary/aromatic N) is 2. The molecule has 90 valence electrons. The van der Waals surface area contributed by atoms with E-state index in [-0.39, 0.29) is 10.9 Å². The lowest BCUT2D eigenvalue weighted by Crippen LogP contribution is -2.33. The number of amides is 2. The molecule has 17 heavy (non-hydrogen) atoms. The third-order valence-electron chi connectivity index (χ3n) is 2.66. The Balaban J connectivity index is 2.42. The first-order valence-electron chi connectivity index (χ1n) is 5.14. The third kappa shape index (κ3) is 1.98. The summed E-state index contributed by atoms with van der Waals surface area (Å²) in [7, 11) is 0. The summed E-state index contributed by atoms with van der Waals surface area (Å²) in [6.45, 7) is 2.27. The Morgan fingerprint density at radius 3 is 2.88 bits per heavy atom. The summed E-state index contributed by atoms with van der Waals surface area (Å²) >= 11 is 5.61. The van der Waals surface area contributed by atoms with Gasteiger partial charge in [0.15, 0.2) is 0 Å². The van der Waals surface area contributed by atoms with E-state index in [0.29, 0.717) is 12.1 Å². The first-order valence-corrected chi connectivity index (χ1v) is 5.52. The second-order valence-corrected chi connectivity index (χ2v) is 4.09. The molecule has 0 fully saturated rings. The van der Waals surface area contributed by atoms with Gasteiger partial charge in [0.1, 0.15) is 17.7 Å². The molecule has 1 heterocycles. The number of carbonyl (C=O) groups is 1. The topological polar surface area (TPSA) is 58.7 Å². The minimum Gasteiger partial charge on any atom is -0.385 e. The Bertz CT molecular complexity index is 503. The summed E-state index contributed by atoms with van der Waals surface area (Å²) in [5.74, 6) is -0.356. The van der Waals surface area contributed by atoms with Crippen molar-refractivity contribution in [1.29, 1.82) is 0 Å². The van der Waals surface area contributed by atoms with Crippen LogP contribution < -0.4 is 5.73 Å². The van der Waals surface area contributed by atoms with Gasteiger partial charge in [0.05, 0.1) is 5.02 Å². The largest absolute Gasteiger partial charge is 0.385 e. The van der Waals surface area contributed by atoms with Crippen molar-refractivity contribution in [1.82, 2.24) is 4.90 Å². The van der Waals surface area contributed by atoms with Crippen molar-refractivity contribution >= 4 is 23.5 Å². The van der Waals surface area contributed by atoms with Crippen LogP contribution in [0.1, 0.15) is 18.5 Å². The number of amidine groups is 1. The van der Waals surface area contributed by atoms with Crippen molar-refractivity contribution in [3.05, 3.63) is 34.6 Å². The van der Waals surface area contributed by atoms with Gasteiger partial charge in [0.2, 0.25) is 0 Å². The summed E-state index contributed by atoms with van der Waals surface area (Å²) in [5.41, 5.74) is 6.26. The van der Waals surface area contributed by atoms with Crippen molar-refractivity contribution in [3.8, 4) is 0 Å². The molecule has 0 bridgehead atoms. The molecule has 0 saturated carbocycles. The van der Waals surface area contributed by atoms with Crippen molar-refractivity contribution in [2.45, 2.75) is 13.0 Å². The van der Waals surface area contributed by atoms with Gasteiger partial charge in [-0.1, -0.05) is 17.7 Å². The fourth-order valence-corrected chi connectivity index (χ4v) is 1.97. The minimum absolute atomic E-state index is 0.0385. The van der Waals surface area contributed by atoms with E-state index >= 15 is 0 Å². The van der Waals surface area contributed by atoms with Crippen LogP contribution in [0.15, 0.2) is 23.2 Å². The van der Waals surface area contributed by atoms with Gasteiger partial charge in [-0.25, -0.2) is 9.18 Å². The SMILES string of the molecule is CCN1C(=O)N=C(N)C1c1ccc(Cl)c(F)c1. The molecule has 1 aromatic carbocycles. The molecule has 0 saturated heterocycles. The molecule has 2 amide bonds. The number of aliphatic imine (C=N–C) groups is 1. The van der Waals surface area contributed by atoms with Crippen LogP contribution in [0.3, 0.4) is 0 Å². The van der Waals surface area contributed by atoms with Crippen molar-refractivity contribution < 1.29 is 9.18 Å². The molecule has 2 rings (SSSR count). The minimum atomic E-state index is -0.535. The number of urea groups is 1. The van der Waals surface area contributed by atoms with Crippen LogP contribution in [-0.2, 0) is 0 Å². The Hall–Kier alpha value is -1.62. The molecule has 4 nitrogen and oxygen atoms in total. The Kier molecular flexibility index (Phi) is 3.02. The maximum Gasteiger partial charge on any atom is 0.346 e. The van der Waals surface area contributed by atoms with E-state index < -0.39 is 17.9 Å². The van der Waals surface area contributed by atoms with Gasteiger partial charge in [0.25, 0.3) is 0 Å². The van der Waals surface area contributed by atoms with E-state index in [4.69, 9.17) is 17.3 Å². The molecule has 0 radical (unpaired) electrons. The smallest absolute Gasteiger partial charge is 0.346 e. The van der Waals surface area contributed by atoms with E-state index in [1.165, 1.54) is 17.0 Å². The van der Waals surface area contributed by atoms with Crippen LogP contribution in [0.5, 0.6) is 0 Å². The molecular formula is C11H11ClFN3O. The zero-order valence-corrected chi connectivity index (χ0v) is 9.91. The summed E-state index contributed by atoms with van der Waals surface area (Å²) in [4.78, 5) is 16.6. The lowest BCUT2D eigenvalue weighted by Gasteiger charge is -2.22. The molecule has 1 atom stereocenters. The van der Waals surface area contributed by atoms with Crippen molar-refractivity contribution in [3.63, 3.8) is 0 Å². The molecule has 1 aliphatic heterocycles. The molecule has 0 spiro atoms. The second kappa shape index (κ2) is 4.33. The molecule has 0 aliphatic carbocycles. The number of rotatable bonds is 2. The van der Waals surface area contributed by atoms with Crippen LogP contribution in [0.2, 0.25) is 5.02 Å². The summed E-state index contributed by atoms with van der Waals surface area (Å²) in [6, 6.07) is 3.46. The number of hydrogen-bond donors (Lipinski definition) is 1. The fourth-order valence-electron chi connectivity index (χ4n) is 1.86. The van der Waals surface area contributed by atoms with Crippen LogP contribution >= 0.6 is 11.6 Å². The lowest BCUT2D eigenvalue weighted by molar-refractivity contribution is 0.209. The van der Waals surface area contributed by atoms with E-state index in [0.717, 1.165) is 0 Å². The molecule has 2 N–H and O–H groups in total. The highest BCUT2D eigenvalue weighted by atomic mass is 35.5. The van der Waals surface area contributed by atoms with Crippen molar-refractivity contribution in [2.24, 2.45) is 10.7 Å². The van der Waals surface area contributed by atoms with Crippen LogP contribution in [0, 0.1) is 5.82 Å². The highest BCUT2D eigenvalue weighted by molar-refractivity contribution is 6.30. The Morgan fingerprint density at radius 2 is 2.29 bits per heavy atom.